The highest BCUT2D eigenvalue weighted by molar-refractivity contribution is 6.34. The molecule has 66 valence electrons. The summed E-state index contributed by atoms with van der Waals surface area (Å²) < 4.78 is 0. The quantitative estimate of drug-likeness (QED) is 0.667. The number of anilines is 1. The van der Waals surface area contributed by atoms with E-state index in [1.165, 1.54) is 12.1 Å². The van der Waals surface area contributed by atoms with Crippen molar-refractivity contribution in [1.82, 2.24) is 0 Å². The van der Waals surface area contributed by atoms with Crippen LogP contribution in [-0.4, -0.2) is 11.1 Å². The molecule has 0 heterocycles. The normalized spacial score (nSPS) is 9.23. The third-order valence-electron chi connectivity index (χ3n) is 1.46. The van der Waals surface area contributed by atoms with Gasteiger partial charge in [-0.1, -0.05) is 11.6 Å². The monoisotopic (exact) mass is 196 g/mol. The number of carboxylic acid groups (broad SMARTS) is 1. The Balaban J connectivity index is 3.42. The molecule has 4 nitrogen and oxygen atoms in total. The fourth-order valence-corrected chi connectivity index (χ4v) is 1.23. The summed E-state index contributed by atoms with van der Waals surface area (Å²) >= 11 is 5.60. The van der Waals surface area contributed by atoms with Crippen LogP contribution >= 0.6 is 11.6 Å². The lowest BCUT2D eigenvalue weighted by atomic mass is 10.1. The fraction of sp³-hybridized carbons (Fsp3) is 0. The summed E-state index contributed by atoms with van der Waals surface area (Å²) in [6.07, 6.45) is 0. The largest absolute Gasteiger partial charge is 0.478 e. The molecule has 0 aromatic heterocycles. The number of carboxylic acids is 1. The average Bonchev–Trinajstić information content (AvgIpc) is 2.02. The summed E-state index contributed by atoms with van der Waals surface area (Å²) in [7, 11) is 0. The molecule has 1 aromatic carbocycles. The minimum Gasteiger partial charge on any atom is -0.478 e. The number of carbonyl (C=O) groups is 1. The fourth-order valence-electron chi connectivity index (χ4n) is 0.918. The van der Waals surface area contributed by atoms with Crippen LogP contribution in [0.4, 0.5) is 5.69 Å². The van der Waals surface area contributed by atoms with Gasteiger partial charge in [-0.25, -0.2) is 4.79 Å². The predicted molar refractivity (Wildman–Crippen MR) is 47.5 cm³/mol. The lowest BCUT2D eigenvalue weighted by molar-refractivity contribution is 0.0698. The summed E-state index contributed by atoms with van der Waals surface area (Å²) in [6.45, 7) is 0. The van der Waals surface area contributed by atoms with Gasteiger partial charge in [-0.15, -0.1) is 0 Å². The number of nitriles is 1. The zero-order valence-electron chi connectivity index (χ0n) is 6.41. The van der Waals surface area contributed by atoms with Gasteiger partial charge in [0.15, 0.2) is 0 Å². The predicted octanol–water partition coefficient (Wildman–Crippen LogP) is 1.49. The molecule has 0 saturated carbocycles. The smallest absolute Gasteiger partial charge is 0.339 e. The molecule has 0 aliphatic carbocycles. The Labute approximate surface area is 79.2 Å². The van der Waals surface area contributed by atoms with E-state index >= 15 is 0 Å². The van der Waals surface area contributed by atoms with Crippen LogP contribution in [0.15, 0.2) is 12.1 Å². The molecule has 3 N–H and O–H groups in total. The first-order chi connectivity index (χ1) is 6.06. The Morgan fingerprint density at radius 1 is 1.62 bits per heavy atom. The Morgan fingerprint density at radius 2 is 2.23 bits per heavy atom. The van der Waals surface area contributed by atoms with Gasteiger partial charge < -0.3 is 10.8 Å². The van der Waals surface area contributed by atoms with Gasteiger partial charge in [0, 0.05) is 5.69 Å². The topological polar surface area (TPSA) is 87.1 Å². The molecule has 0 aliphatic heterocycles. The highest BCUT2D eigenvalue weighted by Crippen LogP contribution is 2.23. The van der Waals surface area contributed by atoms with Gasteiger partial charge in [-0.3, -0.25) is 0 Å². The SMILES string of the molecule is N#Cc1cc(N)c(C(=O)O)c(Cl)c1. The van der Waals surface area contributed by atoms with E-state index in [9.17, 15) is 4.79 Å². The van der Waals surface area contributed by atoms with Gasteiger partial charge in [0.25, 0.3) is 0 Å². The van der Waals surface area contributed by atoms with Crippen LogP contribution in [0.3, 0.4) is 0 Å². The molecule has 0 radical (unpaired) electrons. The highest BCUT2D eigenvalue weighted by atomic mass is 35.5. The number of nitrogens with two attached hydrogens (primary N) is 1. The van der Waals surface area contributed by atoms with E-state index < -0.39 is 5.97 Å². The summed E-state index contributed by atoms with van der Waals surface area (Å²) in [5, 5.41) is 17.1. The van der Waals surface area contributed by atoms with Gasteiger partial charge in [0.05, 0.1) is 16.7 Å². The molecule has 0 unspecified atom stereocenters. The van der Waals surface area contributed by atoms with Crippen molar-refractivity contribution in [2.75, 3.05) is 5.73 Å². The highest BCUT2D eigenvalue weighted by Gasteiger charge is 2.13. The third-order valence-corrected chi connectivity index (χ3v) is 1.76. The molecule has 0 atom stereocenters. The van der Waals surface area contributed by atoms with Crippen molar-refractivity contribution in [3.63, 3.8) is 0 Å². The molecule has 0 spiro atoms. The maximum Gasteiger partial charge on any atom is 0.339 e. The van der Waals surface area contributed by atoms with Gasteiger partial charge in [0.2, 0.25) is 0 Å². The molecule has 13 heavy (non-hydrogen) atoms. The van der Waals surface area contributed by atoms with E-state index in [1.54, 1.807) is 0 Å². The average molecular weight is 197 g/mol. The molecule has 0 bridgehead atoms. The summed E-state index contributed by atoms with van der Waals surface area (Å²) in [6, 6.07) is 4.36. The number of nitrogens with zero attached hydrogens (tertiary/aromatic N) is 1. The summed E-state index contributed by atoms with van der Waals surface area (Å²) in [4.78, 5) is 10.6. The minimum atomic E-state index is -1.20. The molecule has 0 amide bonds. The van der Waals surface area contributed by atoms with E-state index in [0.29, 0.717) is 0 Å². The number of hydrogen-bond acceptors (Lipinski definition) is 3. The third kappa shape index (κ3) is 1.71. The number of benzene rings is 1. The van der Waals surface area contributed by atoms with E-state index in [1.807, 2.05) is 6.07 Å². The van der Waals surface area contributed by atoms with Crippen molar-refractivity contribution in [3.05, 3.63) is 28.3 Å². The van der Waals surface area contributed by atoms with E-state index in [-0.39, 0.29) is 21.8 Å². The second kappa shape index (κ2) is 3.33. The molecule has 1 rings (SSSR count). The molecular formula is C8H5ClN2O2. The Kier molecular flexibility index (Phi) is 2.40. The molecule has 1 aromatic rings. The molecule has 0 fully saturated rings. The standard InChI is InChI=1S/C8H5ClN2O2/c9-5-1-4(3-10)2-6(11)7(5)8(12)13/h1-2H,11H2,(H,12,13). The van der Waals surface area contributed by atoms with Crippen LogP contribution < -0.4 is 5.73 Å². The number of rotatable bonds is 1. The zero-order valence-corrected chi connectivity index (χ0v) is 7.17. The molecule has 0 saturated heterocycles. The maximum atomic E-state index is 10.6. The van der Waals surface area contributed by atoms with Crippen molar-refractivity contribution in [1.29, 1.82) is 5.26 Å². The number of nitrogen functional groups attached to an aromatic ring is 1. The van der Waals surface area contributed by atoms with Crippen LogP contribution in [-0.2, 0) is 0 Å². The van der Waals surface area contributed by atoms with Crippen LogP contribution in [0.5, 0.6) is 0 Å². The van der Waals surface area contributed by atoms with Crippen molar-refractivity contribution in [3.8, 4) is 6.07 Å². The first kappa shape index (κ1) is 9.36. The van der Waals surface area contributed by atoms with Gasteiger partial charge >= 0.3 is 5.97 Å². The lowest BCUT2D eigenvalue weighted by Gasteiger charge is -2.02. The van der Waals surface area contributed by atoms with Crippen LogP contribution in [0, 0.1) is 11.3 Å². The minimum absolute atomic E-state index is 0.00319. The Hall–Kier alpha value is -1.73. The van der Waals surface area contributed by atoms with Crippen LogP contribution in [0.1, 0.15) is 15.9 Å². The second-order valence-electron chi connectivity index (χ2n) is 2.34. The first-order valence-corrected chi connectivity index (χ1v) is 3.66. The summed E-state index contributed by atoms with van der Waals surface area (Å²) in [5.41, 5.74) is 5.46. The molecule has 5 heteroatoms. The maximum absolute atomic E-state index is 10.6. The van der Waals surface area contributed by atoms with E-state index in [0.717, 1.165) is 0 Å². The Morgan fingerprint density at radius 3 is 2.62 bits per heavy atom. The lowest BCUT2D eigenvalue weighted by Crippen LogP contribution is -2.03. The van der Waals surface area contributed by atoms with Crippen molar-refractivity contribution in [2.45, 2.75) is 0 Å². The van der Waals surface area contributed by atoms with Crippen molar-refractivity contribution >= 4 is 23.3 Å². The van der Waals surface area contributed by atoms with Crippen LogP contribution in [0.25, 0.3) is 0 Å². The first-order valence-electron chi connectivity index (χ1n) is 3.28. The van der Waals surface area contributed by atoms with Gasteiger partial charge in [-0.2, -0.15) is 5.26 Å². The van der Waals surface area contributed by atoms with Gasteiger partial charge in [-0.05, 0) is 12.1 Å². The van der Waals surface area contributed by atoms with Crippen LogP contribution in [0.2, 0.25) is 5.02 Å². The number of halogens is 1. The van der Waals surface area contributed by atoms with E-state index in [4.69, 9.17) is 27.7 Å². The zero-order chi connectivity index (χ0) is 10.0. The van der Waals surface area contributed by atoms with Crippen molar-refractivity contribution < 1.29 is 9.90 Å². The molecular weight excluding hydrogens is 192 g/mol. The molecule has 0 aliphatic rings. The number of aromatic carboxylic acids is 1. The second-order valence-corrected chi connectivity index (χ2v) is 2.75. The Bertz CT molecular complexity index is 386. The number of hydrogen-bond donors (Lipinski definition) is 2. The van der Waals surface area contributed by atoms with E-state index in [2.05, 4.69) is 0 Å². The van der Waals surface area contributed by atoms with Gasteiger partial charge in [0.1, 0.15) is 5.56 Å². The summed E-state index contributed by atoms with van der Waals surface area (Å²) in [5.74, 6) is -1.20. The van der Waals surface area contributed by atoms with Crippen molar-refractivity contribution in [2.24, 2.45) is 0 Å².